The summed E-state index contributed by atoms with van der Waals surface area (Å²) in [5, 5.41) is 0. The van der Waals surface area contributed by atoms with E-state index < -0.39 is 0 Å². The zero-order chi connectivity index (χ0) is 16.2. The number of pyridine rings is 1. The molecule has 0 saturated heterocycles. The average Bonchev–Trinajstić information content (AvgIpc) is 2.59. The highest BCUT2D eigenvalue weighted by molar-refractivity contribution is 5.88. The Hall–Kier alpha value is -2.67. The van der Waals surface area contributed by atoms with E-state index >= 15 is 0 Å². The van der Waals surface area contributed by atoms with Gasteiger partial charge in [0.1, 0.15) is 0 Å². The minimum atomic E-state index is 1.01. The molecule has 0 fully saturated rings. The minimum absolute atomic E-state index is 1.01. The minimum Gasteiger partial charge on any atom is -0.256 e. The van der Waals surface area contributed by atoms with E-state index in [0.29, 0.717) is 0 Å². The summed E-state index contributed by atoms with van der Waals surface area (Å²) in [4.78, 5) is 4.51. The van der Waals surface area contributed by atoms with E-state index in [-0.39, 0.29) is 0 Å². The topological polar surface area (TPSA) is 12.9 Å². The van der Waals surface area contributed by atoms with Crippen molar-refractivity contribution in [2.24, 2.45) is 0 Å². The van der Waals surface area contributed by atoms with Crippen LogP contribution in [0.2, 0.25) is 0 Å². The molecule has 114 valence electrons. The fourth-order valence-electron chi connectivity index (χ4n) is 2.92. The van der Waals surface area contributed by atoms with Crippen LogP contribution in [0.15, 0.2) is 66.9 Å². The highest BCUT2D eigenvalue weighted by atomic mass is 14.7. The van der Waals surface area contributed by atoms with Crippen LogP contribution in [0.25, 0.3) is 22.9 Å². The molecular weight excluding hydrogens is 278 g/mol. The third kappa shape index (κ3) is 3.24. The maximum atomic E-state index is 4.51. The first-order chi connectivity index (χ1) is 11.2. The Morgan fingerprint density at radius 3 is 2.22 bits per heavy atom. The molecule has 0 radical (unpaired) electrons. The molecule has 0 aliphatic heterocycles. The summed E-state index contributed by atoms with van der Waals surface area (Å²) in [6, 6.07) is 20.9. The van der Waals surface area contributed by atoms with Crippen LogP contribution in [0.5, 0.6) is 0 Å². The summed E-state index contributed by atoms with van der Waals surface area (Å²) in [6.07, 6.45) is 4.13. The van der Waals surface area contributed by atoms with Crippen molar-refractivity contribution in [1.82, 2.24) is 4.98 Å². The summed E-state index contributed by atoms with van der Waals surface area (Å²) in [5.41, 5.74) is 8.59. The third-order valence-electron chi connectivity index (χ3n) is 4.20. The van der Waals surface area contributed by atoms with Gasteiger partial charge in [0.15, 0.2) is 0 Å². The third-order valence-corrected chi connectivity index (χ3v) is 4.20. The molecule has 1 heterocycles. The Kier molecular flexibility index (Phi) is 4.38. The highest BCUT2D eigenvalue weighted by Crippen LogP contribution is 2.29. The molecule has 2 aromatic carbocycles. The molecule has 0 N–H and O–H groups in total. The second kappa shape index (κ2) is 6.62. The van der Waals surface area contributed by atoms with Gasteiger partial charge in [-0.1, -0.05) is 54.6 Å². The molecule has 1 heteroatoms. The van der Waals surface area contributed by atoms with Crippen molar-refractivity contribution in [2.45, 2.75) is 20.8 Å². The summed E-state index contributed by atoms with van der Waals surface area (Å²) < 4.78 is 0. The zero-order valence-electron chi connectivity index (χ0n) is 13.9. The van der Waals surface area contributed by atoms with E-state index in [9.17, 15) is 0 Å². The Labute approximate surface area is 138 Å². The Balaban J connectivity index is 2.11. The van der Waals surface area contributed by atoms with Crippen molar-refractivity contribution in [3.8, 4) is 11.3 Å². The lowest BCUT2D eigenvalue weighted by atomic mass is 9.94. The van der Waals surface area contributed by atoms with E-state index in [4.69, 9.17) is 0 Å². The monoisotopic (exact) mass is 299 g/mol. The van der Waals surface area contributed by atoms with Crippen LogP contribution in [-0.4, -0.2) is 4.98 Å². The molecule has 0 bridgehead atoms. The van der Waals surface area contributed by atoms with Gasteiger partial charge in [0.2, 0.25) is 0 Å². The standard InChI is InChI=1S/C22H21N/c1-16-9-8-10-17(2)21(16)15-18(3)19-11-4-5-12-20(19)22-13-6-7-14-23-22/h4-15H,1-3H3. The van der Waals surface area contributed by atoms with Gasteiger partial charge in [-0.2, -0.15) is 0 Å². The lowest BCUT2D eigenvalue weighted by Gasteiger charge is -2.11. The number of hydrogen-bond acceptors (Lipinski definition) is 1. The Bertz CT molecular complexity index is 825. The van der Waals surface area contributed by atoms with Crippen molar-refractivity contribution in [2.75, 3.05) is 0 Å². The van der Waals surface area contributed by atoms with Crippen LogP contribution >= 0.6 is 0 Å². The molecule has 0 aliphatic carbocycles. The Morgan fingerprint density at radius 2 is 1.52 bits per heavy atom. The van der Waals surface area contributed by atoms with Gasteiger partial charge in [-0.25, -0.2) is 0 Å². The number of hydrogen-bond donors (Lipinski definition) is 0. The summed E-state index contributed by atoms with van der Waals surface area (Å²) in [6.45, 7) is 6.50. The predicted octanol–water partition coefficient (Wildman–Crippen LogP) is 5.93. The largest absolute Gasteiger partial charge is 0.256 e. The van der Waals surface area contributed by atoms with Crippen molar-refractivity contribution in [3.63, 3.8) is 0 Å². The van der Waals surface area contributed by atoms with Crippen LogP contribution in [0.3, 0.4) is 0 Å². The van der Waals surface area contributed by atoms with E-state index in [1.807, 2.05) is 18.3 Å². The number of nitrogens with zero attached hydrogens (tertiary/aromatic N) is 1. The smallest absolute Gasteiger partial charge is 0.0708 e. The van der Waals surface area contributed by atoms with Crippen molar-refractivity contribution >= 4 is 11.6 Å². The van der Waals surface area contributed by atoms with Gasteiger partial charge in [0, 0.05) is 11.8 Å². The molecular formula is C22H21N. The molecule has 3 aromatic rings. The molecule has 0 unspecified atom stereocenters. The number of aryl methyl sites for hydroxylation is 2. The van der Waals surface area contributed by atoms with E-state index in [1.165, 1.54) is 33.4 Å². The molecule has 0 spiro atoms. The molecule has 3 rings (SSSR count). The Morgan fingerprint density at radius 1 is 0.826 bits per heavy atom. The number of aromatic nitrogens is 1. The van der Waals surface area contributed by atoms with Crippen LogP contribution in [-0.2, 0) is 0 Å². The fourth-order valence-corrected chi connectivity index (χ4v) is 2.92. The second-order valence-electron chi connectivity index (χ2n) is 5.89. The molecule has 0 aliphatic rings. The van der Waals surface area contributed by atoms with Gasteiger partial charge in [-0.05, 0) is 60.7 Å². The van der Waals surface area contributed by atoms with Crippen LogP contribution in [0.1, 0.15) is 29.2 Å². The maximum absolute atomic E-state index is 4.51. The van der Waals surface area contributed by atoms with Gasteiger partial charge >= 0.3 is 0 Å². The highest BCUT2D eigenvalue weighted by Gasteiger charge is 2.08. The van der Waals surface area contributed by atoms with Crippen molar-refractivity contribution < 1.29 is 0 Å². The predicted molar refractivity (Wildman–Crippen MR) is 99.1 cm³/mol. The average molecular weight is 299 g/mol. The lowest BCUT2D eigenvalue weighted by Crippen LogP contribution is -1.91. The SMILES string of the molecule is CC(=Cc1c(C)cccc1C)c1ccccc1-c1ccccn1. The first kappa shape index (κ1) is 15.2. The molecule has 0 atom stereocenters. The van der Waals surface area contributed by atoms with Crippen LogP contribution in [0.4, 0.5) is 0 Å². The first-order valence-electron chi connectivity index (χ1n) is 7.92. The maximum Gasteiger partial charge on any atom is 0.0708 e. The molecule has 0 amide bonds. The van der Waals surface area contributed by atoms with E-state index in [0.717, 1.165) is 5.69 Å². The number of rotatable bonds is 3. The van der Waals surface area contributed by atoms with Crippen molar-refractivity contribution in [3.05, 3.63) is 89.1 Å². The first-order valence-corrected chi connectivity index (χ1v) is 7.92. The molecule has 0 saturated carbocycles. The summed E-state index contributed by atoms with van der Waals surface area (Å²) in [5.74, 6) is 0. The van der Waals surface area contributed by atoms with Crippen molar-refractivity contribution in [1.29, 1.82) is 0 Å². The molecule has 23 heavy (non-hydrogen) atoms. The van der Waals surface area contributed by atoms with Gasteiger partial charge in [-0.15, -0.1) is 0 Å². The van der Waals surface area contributed by atoms with Gasteiger partial charge in [0.05, 0.1) is 5.69 Å². The number of benzene rings is 2. The molecule has 1 aromatic heterocycles. The van der Waals surface area contributed by atoms with Gasteiger partial charge in [-0.3, -0.25) is 4.98 Å². The van der Waals surface area contributed by atoms with E-state index in [2.05, 4.69) is 80.4 Å². The lowest BCUT2D eigenvalue weighted by molar-refractivity contribution is 1.32. The van der Waals surface area contributed by atoms with Gasteiger partial charge < -0.3 is 0 Å². The zero-order valence-corrected chi connectivity index (χ0v) is 13.9. The summed E-state index contributed by atoms with van der Waals surface area (Å²) in [7, 11) is 0. The van der Waals surface area contributed by atoms with Crippen LogP contribution < -0.4 is 0 Å². The quantitative estimate of drug-likeness (QED) is 0.546. The van der Waals surface area contributed by atoms with E-state index in [1.54, 1.807) is 0 Å². The second-order valence-corrected chi connectivity index (χ2v) is 5.89. The van der Waals surface area contributed by atoms with Gasteiger partial charge in [0.25, 0.3) is 0 Å². The van der Waals surface area contributed by atoms with Crippen LogP contribution in [0, 0.1) is 13.8 Å². The molecule has 1 nitrogen and oxygen atoms in total. The normalized spacial score (nSPS) is 11.5. The summed E-state index contributed by atoms with van der Waals surface area (Å²) >= 11 is 0. The fraction of sp³-hybridized carbons (Fsp3) is 0.136. The number of allylic oxidation sites excluding steroid dienone is 1.